The molecule has 0 spiro atoms. The molecule has 1 aromatic rings. The van der Waals surface area contributed by atoms with Gasteiger partial charge in [-0.25, -0.2) is 0 Å². The molecule has 0 radical (unpaired) electrons. The van der Waals surface area contributed by atoms with Crippen molar-refractivity contribution in [2.24, 2.45) is 5.92 Å². The molecule has 0 atom stereocenters. The van der Waals surface area contributed by atoms with Crippen LogP contribution in [0.5, 0.6) is 0 Å². The minimum Gasteiger partial charge on any atom is -0.466 e. The van der Waals surface area contributed by atoms with Crippen LogP contribution in [0.3, 0.4) is 0 Å². The van der Waals surface area contributed by atoms with Crippen LogP contribution in [0.25, 0.3) is 0 Å². The zero-order chi connectivity index (χ0) is 18.4. The number of nitrogens with zero attached hydrogens (tertiary/aromatic N) is 2. The van der Waals surface area contributed by atoms with E-state index in [0.29, 0.717) is 49.1 Å². The number of methoxy groups -OCH3 is 1. The fraction of sp³-hybridized carbons (Fsp3) is 0.684. The Labute approximate surface area is 150 Å². The van der Waals surface area contributed by atoms with Gasteiger partial charge in [0.1, 0.15) is 11.5 Å². The Morgan fingerprint density at radius 1 is 1.28 bits per heavy atom. The third-order valence-electron chi connectivity index (χ3n) is 4.86. The molecule has 0 aliphatic carbocycles. The lowest BCUT2D eigenvalue weighted by Gasteiger charge is -2.31. The predicted molar refractivity (Wildman–Crippen MR) is 95.6 cm³/mol. The molecule has 1 saturated heterocycles. The first-order valence-electron chi connectivity index (χ1n) is 9.05. The summed E-state index contributed by atoms with van der Waals surface area (Å²) >= 11 is 0. The Morgan fingerprint density at radius 3 is 2.52 bits per heavy atom. The van der Waals surface area contributed by atoms with Gasteiger partial charge in [0.25, 0.3) is 5.91 Å². The summed E-state index contributed by atoms with van der Waals surface area (Å²) in [6, 6.07) is 1.76. The van der Waals surface area contributed by atoms with Crippen LogP contribution in [0.4, 0.5) is 0 Å². The minimum atomic E-state index is -0.105. The Morgan fingerprint density at radius 2 is 1.96 bits per heavy atom. The summed E-state index contributed by atoms with van der Waals surface area (Å²) in [6.07, 6.45) is 2.47. The number of ether oxygens (including phenoxy) is 1. The van der Waals surface area contributed by atoms with Gasteiger partial charge >= 0.3 is 0 Å². The highest BCUT2D eigenvalue weighted by molar-refractivity contribution is 5.95. The summed E-state index contributed by atoms with van der Waals surface area (Å²) in [6.45, 7) is 8.79. The number of hydrogen-bond donors (Lipinski definition) is 0. The molecule has 1 fully saturated rings. The van der Waals surface area contributed by atoms with Gasteiger partial charge in [-0.05, 0) is 38.7 Å². The maximum atomic E-state index is 12.8. The molecular formula is C19H30N2O4. The number of aryl methyl sites for hydroxylation is 2. The van der Waals surface area contributed by atoms with Crippen molar-refractivity contribution in [2.75, 3.05) is 39.9 Å². The number of carbonyl (C=O) groups excluding carboxylic acids is 2. The summed E-state index contributed by atoms with van der Waals surface area (Å²) in [5.74, 6) is 2.04. The Kier molecular flexibility index (Phi) is 7.05. The van der Waals surface area contributed by atoms with Crippen LogP contribution < -0.4 is 0 Å². The van der Waals surface area contributed by atoms with E-state index in [1.54, 1.807) is 25.0 Å². The van der Waals surface area contributed by atoms with Gasteiger partial charge in [-0.15, -0.1) is 0 Å². The zero-order valence-electron chi connectivity index (χ0n) is 15.8. The molecule has 0 unspecified atom stereocenters. The molecule has 0 saturated carbocycles. The highest BCUT2D eigenvalue weighted by Gasteiger charge is 2.24. The number of furan rings is 1. The normalized spacial score (nSPS) is 15.4. The van der Waals surface area contributed by atoms with Crippen molar-refractivity contribution in [3.05, 3.63) is 23.2 Å². The maximum Gasteiger partial charge on any atom is 0.257 e. The second-order valence-corrected chi connectivity index (χ2v) is 6.93. The first kappa shape index (κ1) is 19.5. The topological polar surface area (TPSA) is 63.0 Å². The third-order valence-corrected chi connectivity index (χ3v) is 4.86. The van der Waals surface area contributed by atoms with Crippen LogP contribution in [0.2, 0.25) is 0 Å². The second kappa shape index (κ2) is 9.04. The Bertz CT molecular complexity index is 588. The lowest BCUT2D eigenvalue weighted by atomic mass is 9.99. The van der Waals surface area contributed by atoms with Crippen LogP contribution in [-0.4, -0.2) is 61.5 Å². The predicted octanol–water partition coefficient (Wildman–Crippen LogP) is 2.63. The average Bonchev–Trinajstić information content (AvgIpc) is 2.93. The summed E-state index contributed by atoms with van der Waals surface area (Å²) in [4.78, 5) is 28.9. The van der Waals surface area contributed by atoms with Crippen molar-refractivity contribution < 1.29 is 18.7 Å². The van der Waals surface area contributed by atoms with Crippen molar-refractivity contribution >= 4 is 11.8 Å². The summed E-state index contributed by atoms with van der Waals surface area (Å²) in [5, 5.41) is 0. The van der Waals surface area contributed by atoms with Crippen LogP contribution >= 0.6 is 0 Å². The summed E-state index contributed by atoms with van der Waals surface area (Å²) < 4.78 is 10.6. The van der Waals surface area contributed by atoms with Gasteiger partial charge < -0.3 is 19.0 Å². The van der Waals surface area contributed by atoms with E-state index in [4.69, 9.17) is 9.15 Å². The third kappa shape index (κ3) is 5.33. The molecule has 0 N–H and O–H groups in total. The van der Waals surface area contributed by atoms with E-state index in [1.165, 1.54) is 0 Å². The average molecular weight is 350 g/mol. The lowest BCUT2D eigenvalue weighted by molar-refractivity contribution is -0.132. The van der Waals surface area contributed by atoms with Gasteiger partial charge in [-0.1, -0.05) is 6.92 Å². The van der Waals surface area contributed by atoms with Crippen molar-refractivity contribution in [3.63, 3.8) is 0 Å². The van der Waals surface area contributed by atoms with E-state index in [-0.39, 0.29) is 11.8 Å². The number of piperidine rings is 1. The molecule has 1 aliphatic heterocycles. The van der Waals surface area contributed by atoms with Crippen LogP contribution in [0.15, 0.2) is 10.5 Å². The molecule has 1 aromatic heterocycles. The number of rotatable bonds is 7. The minimum absolute atomic E-state index is 0.105. The molecule has 140 valence electrons. The second-order valence-electron chi connectivity index (χ2n) is 6.93. The molecule has 0 aromatic carbocycles. The number of carbonyl (C=O) groups is 2. The molecule has 1 aliphatic rings. The molecule has 2 amide bonds. The summed E-state index contributed by atoms with van der Waals surface area (Å²) in [7, 11) is 1.61. The molecule has 6 nitrogen and oxygen atoms in total. The lowest BCUT2D eigenvalue weighted by Crippen LogP contribution is -2.41. The Balaban J connectivity index is 1.96. The van der Waals surface area contributed by atoms with Crippen LogP contribution in [0, 0.1) is 19.8 Å². The van der Waals surface area contributed by atoms with Crippen molar-refractivity contribution in [3.8, 4) is 0 Å². The highest BCUT2D eigenvalue weighted by atomic mass is 16.5. The van der Waals surface area contributed by atoms with E-state index in [0.717, 1.165) is 25.9 Å². The fourth-order valence-electron chi connectivity index (χ4n) is 3.18. The molecule has 0 bridgehead atoms. The van der Waals surface area contributed by atoms with Gasteiger partial charge in [0.15, 0.2) is 0 Å². The molecule has 25 heavy (non-hydrogen) atoms. The molecule has 6 heteroatoms. The van der Waals surface area contributed by atoms with Gasteiger partial charge in [0, 0.05) is 39.7 Å². The Hall–Kier alpha value is -1.82. The first-order valence-corrected chi connectivity index (χ1v) is 9.05. The monoisotopic (exact) mass is 350 g/mol. The van der Waals surface area contributed by atoms with Crippen LogP contribution in [-0.2, 0) is 9.53 Å². The van der Waals surface area contributed by atoms with E-state index in [2.05, 4.69) is 6.92 Å². The van der Waals surface area contributed by atoms with E-state index < -0.39 is 0 Å². The number of amides is 2. The van der Waals surface area contributed by atoms with Crippen molar-refractivity contribution in [1.29, 1.82) is 0 Å². The molecule has 2 rings (SSSR count). The SMILES string of the molecule is COCCN(CCC(=O)N1CCC(C)CC1)C(=O)c1cc(C)oc1C. The fourth-order valence-corrected chi connectivity index (χ4v) is 3.18. The van der Waals surface area contributed by atoms with Crippen molar-refractivity contribution in [2.45, 2.75) is 40.0 Å². The summed E-state index contributed by atoms with van der Waals surface area (Å²) in [5.41, 5.74) is 0.563. The van der Waals surface area contributed by atoms with Gasteiger partial charge in [0.2, 0.25) is 5.91 Å². The van der Waals surface area contributed by atoms with Gasteiger partial charge in [-0.3, -0.25) is 9.59 Å². The molecular weight excluding hydrogens is 320 g/mol. The van der Waals surface area contributed by atoms with Crippen molar-refractivity contribution in [1.82, 2.24) is 9.80 Å². The number of likely N-dealkylation sites (tertiary alicyclic amines) is 1. The van der Waals surface area contributed by atoms with Crippen LogP contribution in [0.1, 0.15) is 48.1 Å². The van der Waals surface area contributed by atoms with E-state index in [9.17, 15) is 9.59 Å². The number of hydrogen-bond acceptors (Lipinski definition) is 4. The standard InChI is InChI=1S/C19H30N2O4/c1-14-5-8-20(9-6-14)18(22)7-10-21(11-12-24-4)19(23)17-13-15(2)25-16(17)3/h13-14H,5-12H2,1-4H3. The zero-order valence-corrected chi connectivity index (χ0v) is 15.8. The quantitative estimate of drug-likeness (QED) is 0.758. The maximum absolute atomic E-state index is 12.8. The largest absolute Gasteiger partial charge is 0.466 e. The first-order chi connectivity index (χ1) is 11.9. The molecule has 2 heterocycles. The smallest absolute Gasteiger partial charge is 0.257 e. The van der Waals surface area contributed by atoms with Gasteiger partial charge in [0.05, 0.1) is 12.2 Å². The van der Waals surface area contributed by atoms with Gasteiger partial charge in [-0.2, -0.15) is 0 Å². The highest BCUT2D eigenvalue weighted by Crippen LogP contribution is 2.18. The van der Waals surface area contributed by atoms with E-state index in [1.807, 2.05) is 11.8 Å². The van der Waals surface area contributed by atoms with E-state index >= 15 is 0 Å².